The van der Waals surface area contributed by atoms with E-state index in [2.05, 4.69) is 28.5 Å². The number of amides is 1. The highest BCUT2D eigenvalue weighted by Crippen LogP contribution is 2.28. The standard InChI is InChI=1S/C18H18N2O3/c1-11(21)20-16(18(22)23-2)9-13-10-19-15-8-7-12-5-3-4-6-14(12)17(13)15/h3-8,10,16,19H,9H2,1-2H3,(H,20,21). The summed E-state index contributed by atoms with van der Waals surface area (Å²) in [6.07, 6.45) is 2.26. The van der Waals surface area contributed by atoms with Crippen LogP contribution in [-0.4, -0.2) is 30.0 Å². The molecule has 0 fully saturated rings. The third kappa shape index (κ3) is 2.90. The van der Waals surface area contributed by atoms with E-state index in [-0.39, 0.29) is 5.91 Å². The van der Waals surface area contributed by atoms with Gasteiger partial charge in [-0.05, 0) is 22.4 Å². The molecule has 2 N–H and O–H groups in total. The lowest BCUT2D eigenvalue weighted by Gasteiger charge is -2.15. The molecule has 1 atom stereocenters. The molecule has 1 amide bonds. The lowest BCUT2D eigenvalue weighted by molar-refractivity contribution is -0.144. The van der Waals surface area contributed by atoms with Crippen molar-refractivity contribution in [3.8, 4) is 0 Å². The van der Waals surface area contributed by atoms with Crippen molar-refractivity contribution in [1.82, 2.24) is 10.3 Å². The number of ether oxygens (including phenoxy) is 1. The van der Waals surface area contributed by atoms with E-state index in [9.17, 15) is 9.59 Å². The van der Waals surface area contributed by atoms with E-state index in [4.69, 9.17) is 4.74 Å². The molecule has 0 bridgehead atoms. The van der Waals surface area contributed by atoms with Crippen molar-refractivity contribution in [1.29, 1.82) is 0 Å². The maximum absolute atomic E-state index is 11.9. The first-order valence-corrected chi connectivity index (χ1v) is 7.43. The molecular formula is C18H18N2O3. The van der Waals surface area contributed by atoms with Crippen LogP contribution in [0.15, 0.2) is 42.6 Å². The zero-order valence-corrected chi connectivity index (χ0v) is 13.1. The Morgan fingerprint density at radius 1 is 1.22 bits per heavy atom. The number of carbonyl (C=O) groups excluding carboxylic acids is 2. The van der Waals surface area contributed by atoms with E-state index in [0.29, 0.717) is 6.42 Å². The Labute approximate surface area is 133 Å². The molecule has 118 valence electrons. The molecular weight excluding hydrogens is 292 g/mol. The second-order valence-electron chi connectivity index (χ2n) is 5.50. The molecule has 1 heterocycles. The van der Waals surface area contributed by atoms with Gasteiger partial charge in [-0.15, -0.1) is 0 Å². The minimum absolute atomic E-state index is 0.259. The summed E-state index contributed by atoms with van der Waals surface area (Å²) < 4.78 is 4.80. The molecule has 5 nitrogen and oxygen atoms in total. The Hall–Kier alpha value is -2.82. The summed E-state index contributed by atoms with van der Waals surface area (Å²) in [5.74, 6) is -0.708. The first kappa shape index (κ1) is 15.1. The second kappa shape index (κ2) is 6.12. The number of H-pyrrole nitrogens is 1. The molecule has 0 radical (unpaired) electrons. The van der Waals surface area contributed by atoms with Gasteiger partial charge in [0.25, 0.3) is 0 Å². The van der Waals surface area contributed by atoms with Crippen LogP contribution in [0, 0.1) is 0 Å². The van der Waals surface area contributed by atoms with Gasteiger partial charge >= 0.3 is 5.97 Å². The van der Waals surface area contributed by atoms with Gasteiger partial charge in [0.05, 0.1) is 7.11 Å². The average Bonchev–Trinajstić information content (AvgIpc) is 2.96. The van der Waals surface area contributed by atoms with E-state index in [1.54, 1.807) is 0 Å². The van der Waals surface area contributed by atoms with Crippen molar-refractivity contribution < 1.29 is 14.3 Å². The van der Waals surface area contributed by atoms with Gasteiger partial charge in [-0.2, -0.15) is 0 Å². The van der Waals surface area contributed by atoms with Crippen LogP contribution in [0.3, 0.4) is 0 Å². The predicted molar refractivity (Wildman–Crippen MR) is 89.1 cm³/mol. The number of hydrogen-bond acceptors (Lipinski definition) is 3. The normalized spacial score (nSPS) is 12.3. The molecule has 5 heteroatoms. The third-order valence-electron chi connectivity index (χ3n) is 3.94. The van der Waals surface area contributed by atoms with Crippen molar-refractivity contribution >= 4 is 33.6 Å². The summed E-state index contributed by atoms with van der Waals surface area (Å²) in [6.45, 7) is 1.39. The Kier molecular flexibility index (Phi) is 4.02. The molecule has 3 rings (SSSR count). The van der Waals surface area contributed by atoms with Crippen LogP contribution in [0.2, 0.25) is 0 Å². The summed E-state index contributed by atoms with van der Waals surface area (Å²) >= 11 is 0. The van der Waals surface area contributed by atoms with Crippen LogP contribution in [0.25, 0.3) is 21.7 Å². The molecule has 2 aromatic carbocycles. The summed E-state index contributed by atoms with van der Waals surface area (Å²) in [5, 5.41) is 5.98. The van der Waals surface area contributed by atoms with Crippen molar-refractivity contribution in [2.24, 2.45) is 0 Å². The molecule has 0 saturated heterocycles. The maximum atomic E-state index is 11.9. The van der Waals surface area contributed by atoms with Crippen molar-refractivity contribution in [2.75, 3.05) is 7.11 Å². The summed E-state index contributed by atoms with van der Waals surface area (Å²) in [5.41, 5.74) is 1.98. The van der Waals surface area contributed by atoms with Crippen LogP contribution in [0.4, 0.5) is 0 Å². The quantitative estimate of drug-likeness (QED) is 0.728. The summed E-state index contributed by atoms with van der Waals surface area (Å²) in [7, 11) is 1.32. The predicted octanol–water partition coefficient (Wildman–Crippen LogP) is 2.54. The molecule has 0 aliphatic heterocycles. The average molecular weight is 310 g/mol. The van der Waals surface area contributed by atoms with E-state index in [1.807, 2.05) is 24.4 Å². The minimum atomic E-state index is -0.699. The fourth-order valence-corrected chi connectivity index (χ4v) is 2.94. The fraction of sp³-hybridized carbons (Fsp3) is 0.222. The minimum Gasteiger partial charge on any atom is -0.467 e. The van der Waals surface area contributed by atoms with Gasteiger partial charge in [-0.25, -0.2) is 4.79 Å². The van der Waals surface area contributed by atoms with Crippen molar-refractivity contribution in [2.45, 2.75) is 19.4 Å². The number of fused-ring (bicyclic) bond motifs is 3. The first-order chi connectivity index (χ1) is 11.1. The van der Waals surface area contributed by atoms with Gasteiger partial charge < -0.3 is 15.0 Å². The third-order valence-corrected chi connectivity index (χ3v) is 3.94. The smallest absolute Gasteiger partial charge is 0.328 e. The number of nitrogens with one attached hydrogen (secondary N) is 2. The van der Waals surface area contributed by atoms with Crippen LogP contribution in [0.5, 0.6) is 0 Å². The Balaban J connectivity index is 2.06. The van der Waals surface area contributed by atoms with Gasteiger partial charge in [0.15, 0.2) is 0 Å². The van der Waals surface area contributed by atoms with Crippen LogP contribution in [-0.2, 0) is 20.7 Å². The van der Waals surface area contributed by atoms with Crippen LogP contribution >= 0.6 is 0 Å². The van der Waals surface area contributed by atoms with Gasteiger partial charge in [-0.1, -0.05) is 30.3 Å². The number of aromatic nitrogens is 1. The van der Waals surface area contributed by atoms with Crippen LogP contribution < -0.4 is 5.32 Å². The van der Waals surface area contributed by atoms with Crippen LogP contribution in [0.1, 0.15) is 12.5 Å². The Bertz CT molecular complexity index is 882. The van der Waals surface area contributed by atoms with E-state index >= 15 is 0 Å². The zero-order valence-electron chi connectivity index (χ0n) is 13.1. The molecule has 0 saturated carbocycles. The lowest BCUT2D eigenvalue weighted by atomic mass is 9.99. The molecule has 0 spiro atoms. The molecule has 0 aliphatic carbocycles. The molecule has 23 heavy (non-hydrogen) atoms. The van der Waals surface area contributed by atoms with E-state index in [1.165, 1.54) is 14.0 Å². The number of rotatable bonds is 4. The number of esters is 1. The first-order valence-electron chi connectivity index (χ1n) is 7.43. The van der Waals surface area contributed by atoms with Gasteiger partial charge in [0, 0.05) is 30.4 Å². The van der Waals surface area contributed by atoms with Gasteiger partial charge in [0.1, 0.15) is 6.04 Å². The SMILES string of the molecule is COC(=O)C(Cc1c[nH]c2ccc3ccccc3c12)NC(C)=O. The van der Waals surface area contributed by atoms with Crippen molar-refractivity contribution in [3.63, 3.8) is 0 Å². The summed E-state index contributed by atoms with van der Waals surface area (Å²) in [4.78, 5) is 26.5. The number of methoxy groups -OCH3 is 1. The largest absolute Gasteiger partial charge is 0.467 e. The molecule has 3 aromatic rings. The highest BCUT2D eigenvalue weighted by Gasteiger charge is 2.22. The van der Waals surface area contributed by atoms with Gasteiger partial charge in [-0.3, -0.25) is 4.79 Å². The molecule has 0 aliphatic rings. The van der Waals surface area contributed by atoms with Crippen molar-refractivity contribution in [3.05, 3.63) is 48.2 Å². The topological polar surface area (TPSA) is 71.2 Å². The number of aromatic amines is 1. The highest BCUT2D eigenvalue weighted by molar-refractivity contribution is 6.08. The molecule has 1 unspecified atom stereocenters. The lowest BCUT2D eigenvalue weighted by Crippen LogP contribution is -2.41. The fourth-order valence-electron chi connectivity index (χ4n) is 2.94. The summed E-state index contributed by atoms with van der Waals surface area (Å²) in [6, 6.07) is 11.5. The zero-order chi connectivity index (χ0) is 16.4. The monoisotopic (exact) mass is 310 g/mol. The Morgan fingerprint density at radius 3 is 2.74 bits per heavy atom. The number of hydrogen-bond donors (Lipinski definition) is 2. The van der Waals surface area contributed by atoms with E-state index < -0.39 is 12.0 Å². The number of carbonyl (C=O) groups is 2. The van der Waals surface area contributed by atoms with Gasteiger partial charge in [0.2, 0.25) is 5.91 Å². The number of benzene rings is 2. The highest BCUT2D eigenvalue weighted by atomic mass is 16.5. The Morgan fingerprint density at radius 2 is 2.00 bits per heavy atom. The second-order valence-corrected chi connectivity index (χ2v) is 5.50. The maximum Gasteiger partial charge on any atom is 0.328 e. The van der Waals surface area contributed by atoms with E-state index in [0.717, 1.165) is 27.2 Å². The molecule has 1 aromatic heterocycles.